The van der Waals surface area contributed by atoms with Crippen LogP contribution in [0.25, 0.3) is 0 Å². The van der Waals surface area contributed by atoms with Gasteiger partial charge in [-0.25, -0.2) is 8.42 Å². The van der Waals surface area contributed by atoms with Gasteiger partial charge in [0, 0.05) is 24.5 Å². The van der Waals surface area contributed by atoms with Crippen molar-refractivity contribution in [3.63, 3.8) is 0 Å². The first-order valence-electron chi connectivity index (χ1n) is 8.26. The third-order valence-corrected chi connectivity index (χ3v) is 8.24. The van der Waals surface area contributed by atoms with E-state index in [0.717, 1.165) is 37.2 Å². The molecule has 1 aromatic heterocycles. The summed E-state index contributed by atoms with van der Waals surface area (Å²) in [4.78, 5) is 15.7. The van der Waals surface area contributed by atoms with Gasteiger partial charge in [0.1, 0.15) is 10.3 Å². The van der Waals surface area contributed by atoms with Crippen molar-refractivity contribution in [2.75, 3.05) is 19.6 Å². The van der Waals surface area contributed by atoms with Crippen LogP contribution < -0.4 is 0 Å². The summed E-state index contributed by atoms with van der Waals surface area (Å²) >= 11 is 1.28. The van der Waals surface area contributed by atoms with Gasteiger partial charge in [0.2, 0.25) is 5.91 Å². The Bertz CT molecular complexity index is 675. The Kier molecular flexibility index (Phi) is 4.80. The van der Waals surface area contributed by atoms with Gasteiger partial charge >= 0.3 is 0 Å². The number of aryl methyl sites for hydroxylation is 1. The summed E-state index contributed by atoms with van der Waals surface area (Å²) in [5.74, 6) is 0.641. The highest BCUT2D eigenvalue weighted by atomic mass is 32.2. The molecule has 0 saturated carbocycles. The van der Waals surface area contributed by atoms with E-state index in [-0.39, 0.29) is 5.91 Å². The normalized spacial score (nSPS) is 24.3. The number of rotatable bonds is 3. The van der Waals surface area contributed by atoms with Gasteiger partial charge in [0.05, 0.1) is 0 Å². The minimum absolute atomic E-state index is 0.00810. The molecule has 3 heterocycles. The molecule has 1 atom stereocenters. The maximum Gasteiger partial charge on any atom is 0.253 e. The van der Waals surface area contributed by atoms with Crippen LogP contribution in [0, 0.1) is 12.8 Å². The lowest BCUT2D eigenvalue weighted by atomic mass is 9.98. The van der Waals surface area contributed by atoms with Crippen LogP contribution in [0.4, 0.5) is 0 Å². The summed E-state index contributed by atoms with van der Waals surface area (Å²) in [6, 6.07) is 2.95. The fourth-order valence-electron chi connectivity index (χ4n) is 3.38. The molecule has 2 aliphatic rings. The first-order chi connectivity index (χ1) is 10.9. The standard InChI is InChI=1S/C16H24N2O3S2/c1-12-7-10-17(11-8-12)16(19)14-4-3-9-18(14)23(20,21)15-6-5-13(2)22-15/h5-6,12,14H,3-4,7-11H2,1-2H3/t14-/m1/s1. The Balaban J connectivity index is 1.78. The molecule has 0 bridgehead atoms. The summed E-state index contributed by atoms with van der Waals surface area (Å²) in [5, 5.41) is 0. The number of sulfonamides is 1. The fourth-order valence-corrected chi connectivity index (χ4v) is 6.44. The second kappa shape index (κ2) is 6.53. The SMILES string of the molecule is Cc1ccc(S(=O)(=O)N2CCC[C@@H]2C(=O)N2CCC(C)CC2)s1. The van der Waals surface area contributed by atoms with Gasteiger partial charge in [-0.05, 0) is 50.7 Å². The van der Waals surface area contributed by atoms with Crippen molar-refractivity contribution in [1.29, 1.82) is 0 Å². The highest BCUT2D eigenvalue weighted by molar-refractivity contribution is 7.91. The van der Waals surface area contributed by atoms with Gasteiger partial charge in [0.25, 0.3) is 10.0 Å². The van der Waals surface area contributed by atoms with Crippen LogP contribution >= 0.6 is 11.3 Å². The molecule has 0 unspecified atom stereocenters. The fraction of sp³-hybridized carbons (Fsp3) is 0.688. The van der Waals surface area contributed by atoms with Gasteiger partial charge in [-0.2, -0.15) is 4.31 Å². The Morgan fingerprint density at radius 2 is 1.87 bits per heavy atom. The number of piperidine rings is 1. The van der Waals surface area contributed by atoms with Gasteiger partial charge in [-0.15, -0.1) is 11.3 Å². The number of likely N-dealkylation sites (tertiary alicyclic amines) is 1. The number of hydrogen-bond acceptors (Lipinski definition) is 4. The zero-order chi connectivity index (χ0) is 16.6. The molecule has 0 aliphatic carbocycles. The maximum absolute atomic E-state index is 12.9. The lowest BCUT2D eigenvalue weighted by Crippen LogP contribution is -2.49. The van der Waals surface area contributed by atoms with E-state index >= 15 is 0 Å². The molecule has 2 saturated heterocycles. The van der Waals surface area contributed by atoms with Gasteiger partial charge in [-0.3, -0.25) is 4.79 Å². The number of hydrogen-bond donors (Lipinski definition) is 0. The lowest BCUT2D eigenvalue weighted by molar-refractivity contribution is -0.135. The smallest absolute Gasteiger partial charge is 0.253 e. The molecule has 7 heteroatoms. The van der Waals surface area contributed by atoms with Crippen molar-refractivity contribution in [3.8, 4) is 0 Å². The van der Waals surface area contributed by atoms with E-state index in [1.54, 1.807) is 6.07 Å². The molecule has 1 amide bonds. The highest BCUT2D eigenvalue weighted by Crippen LogP contribution is 2.31. The molecule has 0 N–H and O–H groups in total. The predicted octanol–water partition coefficient (Wildman–Crippen LogP) is 2.47. The first-order valence-corrected chi connectivity index (χ1v) is 10.5. The van der Waals surface area contributed by atoms with Gasteiger partial charge in [-0.1, -0.05) is 6.92 Å². The molecular weight excluding hydrogens is 332 g/mol. The number of thiophene rings is 1. The molecule has 0 spiro atoms. The summed E-state index contributed by atoms with van der Waals surface area (Å²) in [6.45, 7) is 6.05. The molecule has 128 valence electrons. The number of nitrogens with zero attached hydrogens (tertiary/aromatic N) is 2. The Morgan fingerprint density at radius 3 is 2.48 bits per heavy atom. The first kappa shape index (κ1) is 16.9. The largest absolute Gasteiger partial charge is 0.341 e. The molecule has 2 aliphatic heterocycles. The zero-order valence-corrected chi connectivity index (χ0v) is 15.3. The molecule has 1 aromatic rings. The van der Waals surface area contributed by atoms with Crippen LogP contribution in [-0.2, 0) is 14.8 Å². The van der Waals surface area contributed by atoms with Crippen molar-refractivity contribution in [2.24, 2.45) is 5.92 Å². The van der Waals surface area contributed by atoms with E-state index in [2.05, 4.69) is 6.92 Å². The summed E-state index contributed by atoms with van der Waals surface area (Å²) in [5.41, 5.74) is 0. The Morgan fingerprint density at radius 1 is 1.17 bits per heavy atom. The van der Waals surface area contributed by atoms with Crippen molar-refractivity contribution < 1.29 is 13.2 Å². The predicted molar refractivity (Wildman–Crippen MR) is 90.9 cm³/mol. The number of carbonyl (C=O) groups excluding carboxylic acids is 1. The van der Waals surface area contributed by atoms with Crippen molar-refractivity contribution in [1.82, 2.24) is 9.21 Å². The van der Waals surface area contributed by atoms with Crippen LogP contribution in [0.1, 0.15) is 37.5 Å². The summed E-state index contributed by atoms with van der Waals surface area (Å²) in [7, 11) is -3.56. The van der Waals surface area contributed by atoms with E-state index in [9.17, 15) is 13.2 Å². The molecule has 3 rings (SSSR count). The lowest BCUT2D eigenvalue weighted by Gasteiger charge is -2.34. The molecule has 5 nitrogen and oxygen atoms in total. The van der Waals surface area contributed by atoms with E-state index in [1.807, 2.05) is 17.9 Å². The van der Waals surface area contributed by atoms with Crippen LogP contribution in [0.3, 0.4) is 0 Å². The van der Waals surface area contributed by atoms with E-state index in [4.69, 9.17) is 0 Å². The quantitative estimate of drug-likeness (QED) is 0.836. The molecule has 2 fully saturated rings. The average molecular weight is 357 g/mol. The number of carbonyl (C=O) groups is 1. The zero-order valence-electron chi connectivity index (χ0n) is 13.7. The van der Waals surface area contributed by atoms with Crippen LogP contribution in [0.2, 0.25) is 0 Å². The van der Waals surface area contributed by atoms with Crippen LogP contribution in [0.5, 0.6) is 0 Å². The highest BCUT2D eigenvalue weighted by Gasteiger charge is 2.41. The van der Waals surface area contributed by atoms with Crippen LogP contribution in [-0.4, -0.2) is 49.2 Å². The van der Waals surface area contributed by atoms with E-state index < -0.39 is 16.1 Å². The molecule has 0 radical (unpaired) electrons. The third kappa shape index (κ3) is 3.32. The monoisotopic (exact) mass is 356 g/mol. The van der Waals surface area contributed by atoms with Crippen LogP contribution in [0.15, 0.2) is 16.3 Å². The number of amides is 1. The second-order valence-corrected chi connectivity index (χ2v) is 10.1. The van der Waals surface area contributed by atoms with E-state index in [0.29, 0.717) is 23.1 Å². The molecular formula is C16H24N2O3S2. The topological polar surface area (TPSA) is 57.7 Å². The summed E-state index contributed by atoms with van der Waals surface area (Å²) in [6.07, 6.45) is 3.41. The maximum atomic E-state index is 12.9. The third-order valence-electron chi connectivity index (χ3n) is 4.86. The second-order valence-electron chi connectivity index (χ2n) is 6.65. The minimum Gasteiger partial charge on any atom is -0.341 e. The molecule has 0 aromatic carbocycles. The van der Waals surface area contributed by atoms with Gasteiger partial charge < -0.3 is 4.90 Å². The Labute approximate surface area is 142 Å². The van der Waals surface area contributed by atoms with Crippen molar-refractivity contribution in [3.05, 3.63) is 17.0 Å². The van der Waals surface area contributed by atoms with E-state index in [1.165, 1.54) is 15.6 Å². The minimum atomic E-state index is -3.56. The van der Waals surface area contributed by atoms with Gasteiger partial charge in [0.15, 0.2) is 0 Å². The Hall–Kier alpha value is -0.920. The molecule has 23 heavy (non-hydrogen) atoms. The van der Waals surface area contributed by atoms with Crippen molar-refractivity contribution >= 4 is 27.3 Å². The average Bonchev–Trinajstić information content (AvgIpc) is 3.16. The van der Waals surface area contributed by atoms with Crippen molar-refractivity contribution in [2.45, 2.75) is 49.8 Å². The summed E-state index contributed by atoms with van der Waals surface area (Å²) < 4.78 is 27.5.